The Morgan fingerprint density at radius 1 is 1.17 bits per heavy atom. The van der Waals surface area contributed by atoms with Crippen molar-refractivity contribution in [2.24, 2.45) is 0 Å². The molecule has 0 aliphatic rings. The van der Waals surface area contributed by atoms with Crippen LogP contribution in [0.1, 0.15) is 17.2 Å². The number of aliphatic hydroxyl groups excluding tert-OH is 1. The van der Waals surface area contributed by atoms with Crippen molar-refractivity contribution in [1.82, 2.24) is 0 Å². The van der Waals surface area contributed by atoms with Crippen molar-refractivity contribution < 1.29 is 5.11 Å². The molecule has 94 valence electrons. The molecule has 2 rings (SSSR count). The van der Waals surface area contributed by atoms with E-state index in [1.54, 1.807) is 0 Å². The fourth-order valence-electron chi connectivity index (χ4n) is 1.83. The van der Waals surface area contributed by atoms with Gasteiger partial charge in [-0.1, -0.05) is 46.3 Å². The molecule has 0 heterocycles. The zero-order valence-electron chi connectivity index (χ0n) is 10.2. The number of anilines is 1. The molecule has 0 radical (unpaired) electrons. The first-order valence-corrected chi connectivity index (χ1v) is 6.69. The quantitative estimate of drug-likeness (QED) is 0.898. The van der Waals surface area contributed by atoms with Crippen molar-refractivity contribution in [3.8, 4) is 0 Å². The van der Waals surface area contributed by atoms with Gasteiger partial charge in [0, 0.05) is 16.7 Å². The molecule has 2 aromatic rings. The highest BCUT2D eigenvalue weighted by molar-refractivity contribution is 9.10. The maximum atomic E-state index is 10.1. The third-order valence-electron chi connectivity index (χ3n) is 2.86. The summed E-state index contributed by atoms with van der Waals surface area (Å²) in [4.78, 5) is 0. The Bertz CT molecular complexity index is 513. The van der Waals surface area contributed by atoms with Gasteiger partial charge in [-0.3, -0.25) is 0 Å². The van der Waals surface area contributed by atoms with Crippen LogP contribution in [0.5, 0.6) is 0 Å². The molecule has 0 saturated heterocycles. The highest BCUT2D eigenvalue weighted by atomic mass is 79.9. The minimum absolute atomic E-state index is 0.491. The maximum Gasteiger partial charge on any atom is 0.0962 e. The second kappa shape index (κ2) is 6.03. The molecule has 0 saturated carbocycles. The summed E-state index contributed by atoms with van der Waals surface area (Å²) < 4.78 is 1.06. The molecule has 2 nitrogen and oxygen atoms in total. The van der Waals surface area contributed by atoms with Crippen molar-refractivity contribution in [3.63, 3.8) is 0 Å². The van der Waals surface area contributed by atoms with Crippen molar-refractivity contribution in [1.29, 1.82) is 0 Å². The van der Waals surface area contributed by atoms with Crippen molar-refractivity contribution in [3.05, 3.63) is 64.1 Å². The largest absolute Gasteiger partial charge is 0.387 e. The summed E-state index contributed by atoms with van der Waals surface area (Å²) in [7, 11) is 0. The fraction of sp³-hybridized carbons (Fsp3) is 0.200. The van der Waals surface area contributed by atoms with E-state index >= 15 is 0 Å². The predicted octanol–water partition coefficient (Wildman–Crippen LogP) is 3.90. The Balaban J connectivity index is 1.99. The zero-order chi connectivity index (χ0) is 13.0. The van der Waals surface area contributed by atoms with Gasteiger partial charge in [0.15, 0.2) is 0 Å². The normalized spacial score (nSPS) is 12.2. The molecular formula is C15H16BrNO. The highest BCUT2D eigenvalue weighted by Gasteiger charge is 2.07. The van der Waals surface area contributed by atoms with Crippen LogP contribution < -0.4 is 5.32 Å². The van der Waals surface area contributed by atoms with Crippen LogP contribution in [0, 0.1) is 6.92 Å². The molecule has 0 aromatic heterocycles. The van der Waals surface area contributed by atoms with E-state index < -0.39 is 6.10 Å². The molecule has 0 aliphatic carbocycles. The average Bonchev–Trinajstić information content (AvgIpc) is 2.38. The first kappa shape index (κ1) is 13.1. The lowest BCUT2D eigenvalue weighted by Gasteiger charge is -2.14. The first-order valence-electron chi connectivity index (χ1n) is 5.90. The van der Waals surface area contributed by atoms with E-state index in [0.717, 1.165) is 21.3 Å². The van der Waals surface area contributed by atoms with Crippen LogP contribution >= 0.6 is 15.9 Å². The van der Waals surface area contributed by atoms with Gasteiger partial charge in [0.2, 0.25) is 0 Å². The van der Waals surface area contributed by atoms with E-state index in [0.29, 0.717) is 6.54 Å². The second-order valence-corrected chi connectivity index (χ2v) is 5.18. The molecule has 2 aromatic carbocycles. The second-order valence-electron chi connectivity index (χ2n) is 4.27. The minimum Gasteiger partial charge on any atom is -0.387 e. The lowest BCUT2D eigenvalue weighted by Crippen LogP contribution is -2.12. The van der Waals surface area contributed by atoms with Gasteiger partial charge in [0.25, 0.3) is 0 Å². The molecule has 1 unspecified atom stereocenters. The number of hydrogen-bond donors (Lipinski definition) is 2. The third-order valence-corrected chi connectivity index (χ3v) is 3.35. The van der Waals surface area contributed by atoms with Gasteiger partial charge in [-0.25, -0.2) is 0 Å². The molecule has 2 N–H and O–H groups in total. The van der Waals surface area contributed by atoms with Crippen LogP contribution in [0.15, 0.2) is 53.0 Å². The zero-order valence-corrected chi connectivity index (χ0v) is 11.8. The van der Waals surface area contributed by atoms with E-state index in [2.05, 4.69) is 27.3 Å². The predicted molar refractivity (Wildman–Crippen MR) is 78.8 cm³/mol. The van der Waals surface area contributed by atoms with E-state index in [1.165, 1.54) is 0 Å². The highest BCUT2D eigenvalue weighted by Crippen LogP contribution is 2.21. The van der Waals surface area contributed by atoms with E-state index in [1.807, 2.05) is 49.4 Å². The van der Waals surface area contributed by atoms with Crippen LogP contribution in [0.2, 0.25) is 0 Å². The third kappa shape index (κ3) is 3.34. The Hall–Kier alpha value is -1.32. The molecule has 0 fully saturated rings. The van der Waals surface area contributed by atoms with Crippen LogP contribution in [0.4, 0.5) is 5.69 Å². The van der Waals surface area contributed by atoms with Gasteiger partial charge < -0.3 is 10.4 Å². The Morgan fingerprint density at radius 3 is 2.56 bits per heavy atom. The van der Waals surface area contributed by atoms with Gasteiger partial charge in [0.1, 0.15) is 0 Å². The molecule has 18 heavy (non-hydrogen) atoms. The van der Waals surface area contributed by atoms with E-state index in [4.69, 9.17) is 0 Å². The monoisotopic (exact) mass is 305 g/mol. The van der Waals surface area contributed by atoms with E-state index in [-0.39, 0.29) is 0 Å². The lowest BCUT2D eigenvalue weighted by atomic mass is 10.1. The lowest BCUT2D eigenvalue weighted by molar-refractivity contribution is 0.191. The molecular weight excluding hydrogens is 290 g/mol. The minimum atomic E-state index is -0.491. The number of aliphatic hydroxyl groups is 1. The van der Waals surface area contributed by atoms with Crippen LogP contribution in [-0.2, 0) is 0 Å². The van der Waals surface area contributed by atoms with Gasteiger partial charge in [-0.05, 0) is 36.2 Å². The van der Waals surface area contributed by atoms with Crippen LogP contribution in [-0.4, -0.2) is 11.7 Å². The summed E-state index contributed by atoms with van der Waals surface area (Å²) in [6.07, 6.45) is -0.491. The average molecular weight is 306 g/mol. The maximum absolute atomic E-state index is 10.1. The summed E-state index contributed by atoms with van der Waals surface area (Å²) in [5, 5.41) is 13.3. The molecule has 0 aliphatic heterocycles. The van der Waals surface area contributed by atoms with Crippen molar-refractivity contribution in [2.45, 2.75) is 13.0 Å². The topological polar surface area (TPSA) is 32.3 Å². The first-order chi connectivity index (χ1) is 8.66. The van der Waals surface area contributed by atoms with Gasteiger partial charge >= 0.3 is 0 Å². The standard InChI is InChI=1S/C15H16BrNO/c1-11-9-13(16)7-8-14(11)17-10-15(18)12-5-3-2-4-6-12/h2-9,15,17-18H,10H2,1H3. The molecule has 0 amide bonds. The van der Waals surface area contributed by atoms with Crippen molar-refractivity contribution in [2.75, 3.05) is 11.9 Å². The number of nitrogens with one attached hydrogen (secondary N) is 1. The van der Waals surface area contributed by atoms with Gasteiger partial charge in [0.05, 0.1) is 6.10 Å². The Kier molecular flexibility index (Phi) is 4.39. The number of hydrogen-bond acceptors (Lipinski definition) is 2. The summed E-state index contributed by atoms with van der Waals surface area (Å²) in [5.74, 6) is 0. The molecule has 1 atom stereocenters. The SMILES string of the molecule is Cc1cc(Br)ccc1NCC(O)c1ccccc1. The summed E-state index contributed by atoms with van der Waals surface area (Å²) in [6.45, 7) is 2.55. The van der Waals surface area contributed by atoms with Gasteiger partial charge in [-0.2, -0.15) is 0 Å². The number of rotatable bonds is 4. The van der Waals surface area contributed by atoms with Crippen molar-refractivity contribution >= 4 is 21.6 Å². The molecule has 3 heteroatoms. The Labute approximate surface area is 116 Å². The van der Waals surface area contributed by atoms with Crippen LogP contribution in [0.3, 0.4) is 0 Å². The summed E-state index contributed by atoms with van der Waals surface area (Å²) >= 11 is 3.44. The van der Waals surface area contributed by atoms with E-state index in [9.17, 15) is 5.11 Å². The fourth-order valence-corrected chi connectivity index (χ4v) is 2.30. The molecule has 0 bridgehead atoms. The summed E-state index contributed by atoms with van der Waals surface area (Å²) in [5.41, 5.74) is 3.14. The Morgan fingerprint density at radius 2 is 1.89 bits per heavy atom. The summed E-state index contributed by atoms with van der Waals surface area (Å²) in [6, 6.07) is 15.7. The number of halogens is 1. The smallest absolute Gasteiger partial charge is 0.0962 e. The number of aryl methyl sites for hydroxylation is 1. The van der Waals surface area contributed by atoms with Crippen LogP contribution in [0.25, 0.3) is 0 Å². The molecule has 0 spiro atoms. The van der Waals surface area contributed by atoms with Gasteiger partial charge in [-0.15, -0.1) is 0 Å². The number of benzene rings is 2.